The second kappa shape index (κ2) is 15.6. The summed E-state index contributed by atoms with van der Waals surface area (Å²) < 4.78 is 2.38. The zero-order chi connectivity index (χ0) is 42.6. The van der Waals surface area contributed by atoms with Gasteiger partial charge in [0.2, 0.25) is 0 Å². The molecule has 8 aromatic carbocycles. The van der Waals surface area contributed by atoms with Gasteiger partial charge in [0.25, 0.3) is 0 Å². The molecule has 64 heavy (non-hydrogen) atoms. The Morgan fingerprint density at radius 2 is 1.16 bits per heavy atom. The summed E-state index contributed by atoms with van der Waals surface area (Å²) in [4.78, 5) is 2.56. The summed E-state index contributed by atoms with van der Waals surface area (Å²) in [6.07, 6.45) is 13.0. The monoisotopic (exact) mass is 820 g/mol. The fourth-order valence-corrected chi connectivity index (χ4v) is 11.5. The van der Waals surface area contributed by atoms with Crippen molar-refractivity contribution in [2.45, 2.75) is 24.7 Å². The van der Waals surface area contributed by atoms with Crippen molar-refractivity contribution < 1.29 is 0 Å². The molecule has 1 heterocycles. The van der Waals surface area contributed by atoms with Crippen molar-refractivity contribution in [2.24, 2.45) is 11.8 Å². The lowest BCUT2D eigenvalue weighted by atomic mass is 9.60. The molecule has 0 saturated carbocycles. The molecule has 3 atom stereocenters. The molecule has 3 unspecified atom stereocenters. The van der Waals surface area contributed by atoms with Crippen LogP contribution in [0.3, 0.4) is 0 Å². The van der Waals surface area contributed by atoms with Gasteiger partial charge in [-0.05, 0) is 106 Å². The molecular weight excluding hydrogens is 773 g/mol. The highest BCUT2D eigenvalue weighted by atomic mass is 15.2. The number of para-hydroxylation sites is 2. The number of aromatic nitrogens is 1. The highest BCUT2D eigenvalue weighted by molar-refractivity contribution is 6.10. The maximum absolute atomic E-state index is 2.56. The molecule has 2 heteroatoms. The standard InChI is InChI=1S/C62H48N2/c1-43-58(41-39-55-53-26-14-16-28-57(53)62(61(43)55,48-20-8-3-9-21-48)49-22-10-4-11-23-49)63(51-35-30-45(31-36-51)44-18-6-2-7-19-44)52-37-32-46(33-38-52)47-34-40-60-56(42-47)54-27-15-17-29-59(54)64(60)50-24-12-5-13-25-50/h2-30,32-43,45,61H,31H2,1H3. The van der Waals surface area contributed by atoms with Gasteiger partial charge in [-0.3, -0.25) is 0 Å². The van der Waals surface area contributed by atoms with Crippen molar-refractivity contribution in [3.63, 3.8) is 0 Å². The predicted octanol–water partition coefficient (Wildman–Crippen LogP) is 15.5. The van der Waals surface area contributed by atoms with Crippen molar-refractivity contribution in [1.29, 1.82) is 0 Å². The Morgan fingerprint density at radius 3 is 1.86 bits per heavy atom. The fraction of sp³-hybridized carbons (Fsp3) is 0.0968. The minimum absolute atomic E-state index is 0.151. The van der Waals surface area contributed by atoms with E-state index in [1.54, 1.807) is 0 Å². The van der Waals surface area contributed by atoms with Gasteiger partial charge in [0.05, 0.1) is 16.4 Å². The lowest BCUT2D eigenvalue weighted by molar-refractivity contribution is 0.381. The first kappa shape index (κ1) is 38.0. The van der Waals surface area contributed by atoms with Gasteiger partial charge in [0.1, 0.15) is 0 Å². The lowest BCUT2D eigenvalue weighted by Gasteiger charge is -2.45. The van der Waals surface area contributed by atoms with Crippen LogP contribution in [0.15, 0.2) is 254 Å². The Morgan fingerprint density at radius 1 is 0.547 bits per heavy atom. The van der Waals surface area contributed by atoms with Crippen LogP contribution in [0.25, 0.3) is 44.2 Å². The molecule has 0 saturated heterocycles. The van der Waals surface area contributed by atoms with Crippen molar-refractivity contribution in [3.05, 3.63) is 282 Å². The molecule has 2 nitrogen and oxygen atoms in total. The molecule has 3 aliphatic rings. The lowest BCUT2D eigenvalue weighted by Crippen LogP contribution is -2.41. The highest BCUT2D eigenvalue weighted by Gasteiger charge is 2.55. The summed E-state index contributed by atoms with van der Waals surface area (Å²) in [5.41, 5.74) is 17.5. The van der Waals surface area contributed by atoms with Crippen LogP contribution in [0.4, 0.5) is 5.69 Å². The van der Waals surface area contributed by atoms with Gasteiger partial charge >= 0.3 is 0 Å². The molecule has 0 radical (unpaired) electrons. The maximum Gasteiger partial charge on any atom is 0.0541 e. The van der Waals surface area contributed by atoms with Crippen molar-refractivity contribution in [1.82, 2.24) is 4.57 Å². The highest BCUT2D eigenvalue weighted by Crippen LogP contribution is 2.62. The van der Waals surface area contributed by atoms with Crippen LogP contribution in [-0.2, 0) is 5.41 Å². The third-order valence-corrected chi connectivity index (χ3v) is 14.3. The summed E-state index contributed by atoms with van der Waals surface area (Å²) in [5.74, 6) is 0.652. The fourth-order valence-electron chi connectivity index (χ4n) is 11.5. The second-order valence-corrected chi connectivity index (χ2v) is 17.6. The third kappa shape index (κ3) is 6.01. The Balaban J connectivity index is 0.982. The first-order chi connectivity index (χ1) is 31.7. The number of hydrogen-bond acceptors (Lipinski definition) is 1. The molecule has 0 fully saturated rings. The Bertz CT molecular complexity index is 3260. The van der Waals surface area contributed by atoms with E-state index < -0.39 is 0 Å². The van der Waals surface area contributed by atoms with Crippen LogP contribution in [0.1, 0.15) is 47.1 Å². The van der Waals surface area contributed by atoms with Crippen molar-refractivity contribution >= 4 is 33.1 Å². The number of hydrogen-bond donors (Lipinski definition) is 0. The van der Waals surface area contributed by atoms with E-state index in [0.29, 0.717) is 5.92 Å². The van der Waals surface area contributed by atoms with E-state index in [9.17, 15) is 0 Å². The van der Waals surface area contributed by atoms with Crippen LogP contribution in [-0.4, -0.2) is 4.57 Å². The first-order valence-corrected chi connectivity index (χ1v) is 22.7. The Labute approximate surface area is 376 Å². The molecule has 1 aromatic heterocycles. The summed E-state index contributed by atoms with van der Waals surface area (Å²) >= 11 is 0. The van der Waals surface area contributed by atoms with E-state index in [-0.39, 0.29) is 17.3 Å². The van der Waals surface area contributed by atoms with Crippen LogP contribution in [0.5, 0.6) is 0 Å². The van der Waals surface area contributed by atoms with Gasteiger partial charge < -0.3 is 9.47 Å². The number of benzene rings is 8. The summed E-state index contributed by atoms with van der Waals surface area (Å²) in [7, 11) is 0. The van der Waals surface area contributed by atoms with E-state index in [2.05, 4.69) is 259 Å². The van der Waals surface area contributed by atoms with Crippen LogP contribution >= 0.6 is 0 Å². The van der Waals surface area contributed by atoms with Gasteiger partial charge in [-0.15, -0.1) is 0 Å². The molecule has 0 N–H and O–H groups in total. The molecule has 0 spiro atoms. The molecule has 0 aliphatic heterocycles. The molecule has 9 aromatic rings. The van der Waals surface area contributed by atoms with Gasteiger partial charge in [-0.1, -0.05) is 195 Å². The van der Waals surface area contributed by atoms with E-state index in [1.807, 2.05) is 0 Å². The quantitative estimate of drug-likeness (QED) is 0.148. The number of fused-ring (bicyclic) bond motifs is 6. The summed E-state index contributed by atoms with van der Waals surface area (Å²) in [5, 5.41) is 2.52. The normalized spacial score (nSPS) is 18.5. The van der Waals surface area contributed by atoms with Crippen molar-refractivity contribution in [2.75, 3.05) is 4.90 Å². The topological polar surface area (TPSA) is 8.17 Å². The predicted molar refractivity (Wildman–Crippen MR) is 268 cm³/mol. The summed E-state index contributed by atoms with van der Waals surface area (Å²) in [6.45, 7) is 2.47. The minimum Gasteiger partial charge on any atom is -0.314 e. The zero-order valence-corrected chi connectivity index (χ0v) is 35.9. The smallest absolute Gasteiger partial charge is 0.0541 e. The number of rotatable bonds is 8. The molecule has 0 bridgehead atoms. The van der Waals surface area contributed by atoms with Gasteiger partial charge in [0.15, 0.2) is 0 Å². The Hall–Kier alpha value is -7.68. The number of allylic oxidation sites excluding steroid dienone is 7. The Kier molecular flexibility index (Phi) is 9.26. The maximum atomic E-state index is 2.56. The molecule has 3 aliphatic carbocycles. The van der Waals surface area contributed by atoms with E-state index >= 15 is 0 Å². The average Bonchev–Trinajstić information content (AvgIpc) is 3.87. The van der Waals surface area contributed by atoms with Crippen LogP contribution in [0, 0.1) is 11.8 Å². The van der Waals surface area contributed by atoms with Crippen molar-refractivity contribution in [3.8, 4) is 16.8 Å². The average molecular weight is 821 g/mol. The van der Waals surface area contributed by atoms with E-state index in [0.717, 1.165) is 12.1 Å². The largest absolute Gasteiger partial charge is 0.314 e. The second-order valence-electron chi connectivity index (χ2n) is 17.6. The third-order valence-electron chi connectivity index (χ3n) is 14.3. The van der Waals surface area contributed by atoms with Gasteiger partial charge in [0, 0.05) is 51.3 Å². The molecule has 12 rings (SSSR count). The van der Waals surface area contributed by atoms with E-state index in [4.69, 9.17) is 0 Å². The number of anilines is 1. The SMILES string of the molecule is CC1C(N(C2=CCC(c3ccccc3)C=C2)c2ccc(-c3ccc4c(c3)c3ccccc3n4-c3ccccc3)cc2)=CC=C2c3ccccc3C(c3ccccc3)(c3ccccc3)C21. The summed E-state index contributed by atoms with van der Waals surface area (Å²) in [6, 6.07) is 78.3. The zero-order valence-electron chi connectivity index (χ0n) is 35.9. The van der Waals surface area contributed by atoms with Gasteiger partial charge in [-0.2, -0.15) is 0 Å². The van der Waals surface area contributed by atoms with Crippen LogP contribution < -0.4 is 4.90 Å². The van der Waals surface area contributed by atoms with Crippen LogP contribution in [0.2, 0.25) is 0 Å². The first-order valence-electron chi connectivity index (χ1n) is 22.7. The minimum atomic E-state index is -0.378. The number of nitrogens with zero attached hydrogens (tertiary/aromatic N) is 2. The van der Waals surface area contributed by atoms with Gasteiger partial charge in [-0.25, -0.2) is 0 Å². The molecule has 0 amide bonds. The molecule has 306 valence electrons. The molecular formula is C62H48N2. The van der Waals surface area contributed by atoms with E-state index in [1.165, 1.54) is 83.4 Å².